The molecule has 35 heavy (non-hydrogen) atoms. The Labute approximate surface area is 207 Å². The molecular weight excluding hydrogens is 464 g/mol. The number of anilines is 1. The monoisotopic (exact) mass is 498 g/mol. The summed E-state index contributed by atoms with van der Waals surface area (Å²) >= 11 is 0. The van der Waals surface area contributed by atoms with Crippen LogP contribution in [-0.4, -0.2) is 62.9 Å². The first-order valence-corrected chi connectivity index (χ1v) is 14.1. The predicted octanol–water partition coefficient (Wildman–Crippen LogP) is 2.92. The van der Waals surface area contributed by atoms with Gasteiger partial charge in [-0.05, 0) is 86.7 Å². The number of nitrogens with zero attached hydrogens (tertiary/aromatic N) is 3. The Balaban J connectivity index is 1.24. The first-order chi connectivity index (χ1) is 16.9. The number of hydrogen-bond acceptors (Lipinski definition) is 6. The van der Waals surface area contributed by atoms with Gasteiger partial charge in [0.15, 0.2) is 0 Å². The van der Waals surface area contributed by atoms with Gasteiger partial charge in [-0.25, -0.2) is 0 Å². The summed E-state index contributed by atoms with van der Waals surface area (Å²) in [5, 5.41) is 5.00. The van der Waals surface area contributed by atoms with Gasteiger partial charge in [0.25, 0.3) is 5.91 Å². The van der Waals surface area contributed by atoms with Crippen LogP contribution in [0.5, 0.6) is 5.75 Å². The molecule has 2 aromatic rings. The second kappa shape index (κ2) is 10.2. The summed E-state index contributed by atoms with van der Waals surface area (Å²) in [6, 6.07) is 13.7. The van der Waals surface area contributed by atoms with E-state index in [-0.39, 0.29) is 11.7 Å². The van der Waals surface area contributed by atoms with E-state index in [9.17, 15) is 13.2 Å². The van der Waals surface area contributed by atoms with E-state index in [0.717, 1.165) is 29.9 Å². The molecule has 2 saturated heterocycles. The highest BCUT2D eigenvalue weighted by Gasteiger charge is 2.27. The summed E-state index contributed by atoms with van der Waals surface area (Å²) < 4.78 is 27.4. The van der Waals surface area contributed by atoms with Crippen LogP contribution in [0.1, 0.15) is 53.6 Å². The SMILES string of the molecule is NS(=O)(=O)Oc1ccc2c(c1)CN(C(=O)c1cccc(N3CCC(N4CCCCC4)CC3)c1)CC2. The molecule has 0 saturated carbocycles. The van der Waals surface area contributed by atoms with Crippen molar-refractivity contribution in [1.29, 1.82) is 0 Å². The molecule has 2 aromatic carbocycles. The summed E-state index contributed by atoms with van der Waals surface area (Å²) in [5.74, 6) is 0.147. The Morgan fingerprint density at radius 2 is 1.69 bits per heavy atom. The van der Waals surface area contributed by atoms with Gasteiger partial charge in [-0.3, -0.25) is 4.79 Å². The fourth-order valence-corrected chi connectivity index (χ4v) is 6.06. The lowest BCUT2D eigenvalue weighted by Crippen LogP contribution is -2.46. The maximum atomic E-state index is 13.4. The number of likely N-dealkylation sites (tertiary alicyclic amines) is 1. The molecule has 0 radical (unpaired) electrons. The van der Waals surface area contributed by atoms with Crippen molar-refractivity contribution in [1.82, 2.24) is 9.80 Å². The quantitative estimate of drug-likeness (QED) is 0.681. The summed E-state index contributed by atoms with van der Waals surface area (Å²) in [7, 11) is -4.09. The average molecular weight is 499 g/mol. The van der Waals surface area contributed by atoms with Crippen LogP contribution in [0, 0.1) is 0 Å². The van der Waals surface area contributed by atoms with Crippen molar-refractivity contribution >= 4 is 21.9 Å². The van der Waals surface area contributed by atoms with Gasteiger partial charge in [0.1, 0.15) is 5.75 Å². The molecule has 0 atom stereocenters. The van der Waals surface area contributed by atoms with Gasteiger partial charge in [-0.2, -0.15) is 13.6 Å². The summed E-state index contributed by atoms with van der Waals surface area (Å²) in [6.45, 7) is 5.53. The Morgan fingerprint density at radius 1 is 0.914 bits per heavy atom. The molecule has 0 unspecified atom stereocenters. The number of carbonyl (C=O) groups excluding carboxylic acids is 1. The van der Waals surface area contributed by atoms with Crippen molar-refractivity contribution < 1.29 is 17.4 Å². The fourth-order valence-electron chi connectivity index (χ4n) is 5.68. The van der Waals surface area contributed by atoms with E-state index < -0.39 is 10.3 Å². The van der Waals surface area contributed by atoms with Gasteiger partial charge in [0, 0.05) is 43.5 Å². The lowest BCUT2D eigenvalue weighted by molar-refractivity contribution is 0.0734. The highest BCUT2D eigenvalue weighted by atomic mass is 32.2. The van der Waals surface area contributed by atoms with Crippen LogP contribution < -0.4 is 14.2 Å². The number of carbonyl (C=O) groups is 1. The minimum absolute atomic E-state index is 0.0153. The predicted molar refractivity (Wildman–Crippen MR) is 136 cm³/mol. The number of benzene rings is 2. The number of nitrogens with two attached hydrogens (primary N) is 1. The van der Waals surface area contributed by atoms with E-state index in [0.29, 0.717) is 31.1 Å². The molecule has 0 bridgehead atoms. The van der Waals surface area contributed by atoms with E-state index in [4.69, 9.17) is 9.32 Å². The van der Waals surface area contributed by atoms with E-state index in [1.54, 1.807) is 12.1 Å². The largest absolute Gasteiger partial charge is 0.380 e. The third-order valence-electron chi connectivity index (χ3n) is 7.52. The lowest BCUT2D eigenvalue weighted by atomic mass is 9.98. The Bertz CT molecular complexity index is 1170. The topological polar surface area (TPSA) is 96.2 Å². The average Bonchev–Trinajstić information content (AvgIpc) is 2.87. The molecule has 2 N–H and O–H groups in total. The highest BCUT2D eigenvalue weighted by Crippen LogP contribution is 2.28. The lowest BCUT2D eigenvalue weighted by Gasteiger charge is -2.41. The molecule has 3 aliphatic rings. The normalized spacial score (nSPS) is 19.9. The van der Waals surface area contributed by atoms with Gasteiger partial charge in [0.2, 0.25) is 0 Å². The van der Waals surface area contributed by atoms with Crippen LogP contribution in [0.2, 0.25) is 0 Å². The van der Waals surface area contributed by atoms with E-state index >= 15 is 0 Å². The molecule has 3 heterocycles. The van der Waals surface area contributed by atoms with Crippen LogP contribution in [0.15, 0.2) is 42.5 Å². The summed E-state index contributed by atoms with van der Waals surface area (Å²) in [5.41, 5.74) is 3.75. The molecule has 9 heteroatoms. The van der Waals surface area contributed by atoms with Gasteiger partial charge >= 0.3 is 10.3 Å². The number of hydrogen-bond donors (Lipinski definition) is 1. The van der Waals surface area contributed by atoms with Gasteiger partial charge < -0.3 is 18.9 Å². The smallest absolute Gasteiger partial charge is 0.371 e. The van der Waals surface area contributed by atoms with Crippen LogP contribution in [0.3, 0.4) is 0 Å². The Morgan fingerprint density at radius 3 is 2.43 bits per heavy atom. The van der Waals surface area contributed by atoms with Crippen molar-refractivity contribution in [2.45, 2.75) is 51.1 Å². The number of fused-ring (bicyclic) bond motifs is 1. The van der Waals surface area contributed by atoms with Gasteiger partial charge in [-0.1, -0.05) is 18.6 Å². The molecule has 1 amide bonds. The molecular formula is C26H34N4O4S. The van der Waals surface area contributed by atoms with Gasteiger partial charge in [-0.15, -0.1) is 0 Å². The van der Waals surface area contributed by atoms with E-state index in [2.05, 4.69) is 15.9 Å². The van der Waals surface area contributed by atoms with Crippen LogP contribution in [0.4, 0.5) is 5.69 Å². The number of rotatable bonds is 5. The second-order valence-electron chi connectivity index (χ2n) is 9.85. The molecule has 0 aromatic heterocycles. The molecule has 188 valence electrons. The first kappa shape index (κ1) is 24.1. The third-order valence-corrected chi connectivity index (χ3v) is 7.94. The third kappa shape index (κ3) is 5.79. The van der Waals surface area contributed by atoms with Crippen LogP contribution in [-0.2, 0) is 23.3 Å². The van der Waals surface area contributed by atoms with Crippen molar-refractivity contribution in [2.24, 2.45) is 5.14 Å². The zero-order chi connectivity index (χ0) is 24.4. The maximum absolute atomic E-state index is 13.4. The van der Waals surface area contributed by atoms with Crippen molar-refractivity contribution in [2.75, 3.05) is 37.6 Å². The summed E-state index contributed by atoms with van der Waals surface area (Å²) in [4.78, 5) is 20.3. The van der Waals surface area contributed by atoms with Gasteiger partial charge in [0.05, 0.1) is 0 Å². The van der Waals surface area contributed by atoms with Crippen LogP contribution in [0.25, 0.3) is 0 Å². The fraction of sp³-hybridized carbons (Fsp3) is 0.500. The summed E-state index contributed by atoms with van der Waals surface area (Å²) in [6.07, 6.45) is 7.06. The zero-order valence-electron chi connectivity index (χ0n) is 20.1. The zero-order valence-corrected chi connectivity index (χ0v) is 20.9. The number of amides is 1. The van der Waals surface area contributed by atoms with Crippen molar-refractivity contribution in [3.63, 3.8) is 0 Å². The Hall–Kier alpha value is -2.62. The first-order valence-electron chi connectivity index (χ1n) is 12.6. The molecule has 3 aliphatic heterocycles. The standard InChI is InChI=1S/C26H34N4O4S/c27-35(32,33)34-25-8-7-20-9-14-30(19-22(20)18-25)26(31)21-5-4-6-24(17-21)29-15-10-23(11-16-29)28-12-2-1-3-13-28/h4-8,17-18,23H,1-3,9-16,19H2,(H2,27,32,33). The molecule has 2 fully saturated rings. The number of piperidine rings is 2. The minimum atomic E-state index is -4.09. The van der Waals surface area contributed by atoms with Crippen molar-refractivity contribution in [3.8, 4) is 5.75 Å². The second-order valence-corrected chi connectivity index (χ2v) is 11.0. The van der Waals surface area contributed by atoms with Crippen LogP contribution >= 0.6 is 0 Å². The molecule has 0 spiro atoms. The highest BCUT2D eigenvalue weighted by molar-refractivity contribution is 7.84. The maximum Gasteiger partial charge on any atom is 0.380 e. The van der Waals surface area contributed by atoms with Crippen molar-refractivity contribution in [3.05, 3.63) is 59.2 Å². The minimum Gasteiger partial charge on any atom is -0.371 e. The van der Waals surface area contributed by atoms with E-state index in [1.807, 2.05) is 29.2 Å². The van der Waals surface area contributed by atoms with E-state index in [1.165, 1.54) is 45.2 Å². The molecule has 8 nitrogen and oxygen atoms in total. The Kier molecular flexibility index (Phi) is 7.00. The molecule has 5 rings (SSSR count). The molecule has 0 aliphatic carbocycles.